The summed E-state index contributed by atoms with van der Waals surface area (Å²) in [6, 6.07) is 0. The molecule has 1 N–H and O–H groups in total. The molecule has 0 amide bonds. The monoisotopic (exact) mass is 353 g/mol. The molecule has 1 heterocycles. The number of hydrogen-bond donors (Lipinski definition) is 1. The van der Waals surface area contributed by atoms with E-state index in [4.69, 9.17) is 19.6 Å². The molecule has 0 aromatic rings. The van der Waals surface area contributed by atoms with Gasteiger partial charge in [-0.3, -0.25) is 0 Å². The highest BCUT2D eigenvalue weighted by molar-refractivity contribution is 5.85. The molecular weight excluding hydrogens is 318 g/mol. The van der Waals surface area contributed by atoms with Gasteiger partial charge in [-0.15, -0.1) is 12.4 Å². The van der Waals surface area contributed by atoms with E-state index in [1.54, 1.807) is 0 Å². The van der Waals surface area contributed by atoms with Crippen molar-refractivity contribution in [1.82, 2.24) is 5.32 Å². The minimum atomic E-state index is -0.946. The van der Waals surface area contributed by atoms with Crippen molar-refractivity contribution in [1.29, 1.82) is 0 Å². The minimum Gasteiger partial charge on any atom is -0.306 e. The van der Waals surface area contributed by atoms with E-state index >= 15 is 0 Å². The van der Waals surface area contributed by atoms with E-state index < -0.39 is 17.0 Å². The summed E-state index contributed by atoms with van der Waals surface area (Å²) in [5.74, 6) is -0.946. The highest BCUT2D eigenvalue weighted by Gasteiger charge is 2.52. The van der Waals surface area contributed by atoms with Gasteiger partial charge in [0.2, 0.25) is 5.79 Å². The Bertz CT molecular complexity index is 347. The Morgan fingerprint density at radius 1 is 0.696 bits per heavy atom. The number of rotatable bonds is 4. The Morgan fingerprint density at radius 3 is 1.26 bits per heavy atom. The standard InChI is InChI=1S/C17H35NO4.ClH/c1-13(2,3)19-21-17(22-20-14(4,5)6)11-15(7,8)18-16(9,10)12-17;/h18H,11-12H2,1-10H3;1H. The van der Waals surface area contributed by atoms with Crippen molar-refractivity contribution in [2.24, 2.45) is 0 Å². The molecule has 6 heteroatoms. The van der Waals surface area contributed by atoms with Crippen molar-refractivity contribution in [2.75, 3.05) is 0 Å². The predicted molar refractivity (Wildman–Crippen MR) is 94.4 cm³/mol. The molecule has 1 fully saturated rings. The molecule has 0 radical (unpaired) electrons. The van der Waals surface area contributed by atoms with E-state index in [-0.39, 0.29) is 23.5 Å². The maximum Gasteiger partial charge on any atom is 0.237 e. The molecule has 0 atom stereocenters. The van der Waals surface area contributed by atoms with Crippen LogP contribution in [0.3, 0.4) is 0 Å². The van der Waals surface area contributed by atoms with Crippen molar-refractivity contribution in [3.8, 4) is 0 Å². The first-order valence-corrected chi connectivity index (χ1v) is 8.06. The van der Waals surface area contributed by atoms with E-state index in [0.717, 1.165) is 0 Å². The van der Waals surface area contributed by atoms with Crippen LogP contribution in [0.5, 0.6) is 0 Å². The predicted octanol–water partition coefficient (Wildman–Crippen LogP) is 4.54. The van der Waals surface area contributed by atoms with Crippen molar-refractivity contribution in [3.63, 3.8) is 0 Å². The van der Waals surface area contributed by atoms with Gasteiger partial charge in [-0.05, 0) is 69.2 Å². The largest absolute Gasteiger partial charge is 0.306 e. The van der Waals surface area contributed by atoms with Crippen LogP contribution in [-0.2, 0) is 19.6 Å². The second-order valence-electron chi connectivity index (χ2n) is 9.72. The van der Waals surface area contributed by atoms with Crippen molar-refractivity contribution in [3.05, 3.63) is 0 Å². The molecule has 140 valence electrons. The zero-order valence-electron chi connectivity index (χ0n) is 16.5. The quantitative estimate of drug-likeness (QED) is 0.457. The third kappa shape index (κ3) is 8.66. The van der Waals surface area contributed by atoms with E-state index in [1.807, 2.05) is 41.5 Å². The van der Waals surface area contributed by atoms with Crippen LogP contribution in [0.2, 0.25) is 0 Å². The van der Waals surface area contributed by atoms with E-state index in [2.05, 4.69) is 33.0 Å². The van der Waals surface area contributed by atoms with Crippen LogP contribution < -0.4 is 5.32 Å². The van der Waals surface area contributed by atoms with Crippen molar-refractivity contribution < 1.29 is 19.6 Å². The number of hydrogen-bond acceptors (Lipinski definition) is 5. The Labute approximate surface area is 148 Å². The molecule has 0 aromatic heterocycles. The maximum atomic E-state index is 5.81. The van der Waals surface area contributed by atoms with Crippen molar-refractivity contribution >= 4 is 12.4 Å². The molecule has 1 aliphatic rings. The van der Waals surface area contributed by atoms with Gasteiger partial charge in [0.05, 0.1) is 11.2 Å². The Hall–Kier alpha value is 0.0900. The molecule has 0 unspecified atom stereocenters. The second kappa shape index (κ2) is 7.14. The number of nitrogens with one attached hydrogen (secondary N) is 1. The second-order valence-corrected chi connectivity index (χ2v) is 9.72. The van der Waals surface area contributed by atoms with Crippen molar-refractivity contribution in [2.45, 2.75) is 110 Å². The first-order valence-electron chi connectivity index (χ1n) is 8.06. The highest BCUT2D eigenvalue weighted by atomic mass is 35.5. The third-order valence-corrected chi connectivity index (χ3v) is 2.99. The van der Waals surface area contributed by atoms with Gasteiger partial charge in [-0.2, -0.15) is 9.78 Å². The molecule has 23 heavy (non-hydrogen) atoms. The molecule has 0 saturated carbocycles. The highest BCUT2D eigenvalue weighted by Crippen LogP contribution is 2.41. The van der Waals surface area contributed by atoms with Gasteiger partial charge in [-0.25, -0.2) is 9.78 Å². The van der Waals surface area contributed by atoms with Gasteiger partial charge in [0.1, 0.15) is 0 Å². The normalized spacial score (nSPS) is 23.2. The Balaban J connectivity index is 0.00000484. The lowest BCUT2D eigenvalue weighted by Gasteiger charge is -2.51. The van der Waals surface area contributed by atoms with Gasteiger partial charge in [0.25, 0.3) is 0 Å². The zero-order chi connectivity index (χ0) is 17.4. The van der Waals surface area contributed by atoms with Crippen LogP contribution in [0, 0.1) is 0 Å². The molecule has 1 aliphatic heterocycles. The van der Waals surface area contributed by atoms with Gasteiger partial charge in [0, 0.05) is 23.9 Å². The smallest absolute Gasteiger partial charge is 0.237 e. The summed E-state index contributed by atoms with van der Waals surface area (Å²) < 4.78 is 0. The summed E-state index contributed by atoms with van der Waals surface area (Å²) in [5, 5.41) is 3.61. The SMILES string of the molecule is CC1(C)CC(OOC(C)(C)C)(OOC(C)(C)C)CC(C)(C)N1.Cl. The molecule has 0 aliphatic carbocycles. The average molecular weight is 354 g/mol. The van der Waals surface area contributed by atoms with Crippen LogP contribution in [0.4, 0.5) is 0 Å². The molecule has 5 nitrogen and oxygen atoms in total. The van der Waals surface area contributed by atoms with Crippen LogP contribution in [0.1, 0.15) is 82.1 Å². The van der Waals surface area contributed by atoms with E-state index in [9.17, 15) is 0 Å². The maximum absolute atomic E-state index is 5.81. The number of halogens is 1. The van der Waals surface area contributed by atoms with E-state index in [0.29, 0.717) is 12.8 Å². The molecule has 0 aromatic carbocycles. The minimum absolute atomic E-state index is 0. The first-order chi connectivity index (χ1) is 9.54. The summed E-state index contributed by atoms with van der Waals surface area (Å²) >= 11 is 0. The lowest BCUT2D eigenvalue weighted by molar-refractivity contribution is -0.550. The van der Waals surface area contributed by atoms with Gasteiger partial charge < -0.3 is 5.32 Å². The molecule has 0 bridgehead atoms. The summed E-state index contributed by atoms with van der Waals surface area (Å²) in [7, 11) is 0. The fourth-order valence-electron chi connectivity index (χ4n) is 2.95. The van der Waals surface area contributed by atoms with Gasteiger partial charge in [0.15, 0.2) is 0 Å². The third-order valence-electron chi connectivity index (χ3n) is 2.99. The van der Waals surface area contributed by atoms with Gasteiger partial charge >= 0.3 is 0 Å². The summed E-state index contributed by atoms with van der Waals surface area (Å²) in [6.45, 7) is 20.2. The zero-order valence-corrected chi connectivity index (χ0v) is 17.3. The van der Waals surface area contributed by atoms with Crippen LogP contribution in [0.15, 0.2) is 0 Å². The summed E-state index contributed by atoms with van der Waals surface area (Å²) in [6.07, 6.45) is 1.24. The first kappa shape index (κ1) is 23.1. The van der Waals surface area contributed by atoms with Crippen LogP contribution >= 0.6 is 12.4 Å². The van der Waals surface area contributed by atoms with Crippen LogP contribution in [0.25, 0.3) is 0 Å². The molecule has 0 spiro atoms. The molecule has 1 rings (SSSR count). The van der Waals surface area contributed by atoms with Gasteiger partial charge in [-0.1, -0.05) is 0 Å². The van der Waals surface area contributed by atoms with Crippen LogP contribution in [-0.4, -0.2) is 28.1 Å². The Kier molecular flexibility index (Phi) is 7.17. The lowest BCUT2D eigenvalue weighted by atomic mass is 9.79. The lowest BCUT2D eigenvalue weighted by Crippen LogP contribution is -2.65. The Morgan fingerprint density at radius 2 is 1.00 bits per heavy atom. The fraction of sp³-hybridized carbons (Fsp3) is 1.00. The summed E-state index contributed by atoms with van der Waals surface area (Å²) in [5.41, 5.74) is -1.16. The van der Waals surface area contributed by atoms with E-state index in [1.165, 1.54) is 0 Å². The average Bonchev–Trinajstić information content (AvgIpc) is 2.18. The molecular formula is C17H36ClNO4. The topological polar surface area (TPSA) is 49.0 Å². The summed E-state index contributed by atoms with van der Waals surface area (Å²) in [4.78, 5) is 22.8. The number of piperidine rings is 1. The molecule has 1 saturated heterocycles. The fourth-order valence-corrected chi connectivity index (χ4v) is 2.95.